The van der Waals surface area contributed by atoms with Gasteiger partial charge in [-0.2, -0.15) is 0 Å². The third-order valence-electron chi connectivity index (χ3n) is 12.5. The Bertz CT molecular complexity index is 1620. The number of nitrogens with zero attached hydrogens (tertiary/aromatic N) is 1. The zero-order valence-corrected chi connectivity index (χ0v) is 29.7. The van der Waals surface area contributed by atoms with Gasteiger partial charge < -0.3 is 35.2 Å². The summed E-state index contributed by atoms with van der Waals surface area (Å²) in [6.45, 7) is 4.35. The minimum atomic E-state index is -0.877. The molecular weight excluding hydrogens is 650 g/mol. The molecule has 9 rings (SSSR count). The molecule has 6 aliphatic rings. The molecule has 4 unspecified atom stereocenters. The number of aliphatic hydroxyl groups excluding tert-OH is 1. The largest absolute Gasteiger partial charge is 0.392 e. The van der Waals surface area contributed by atoms with Gasteiger partial charge in [0.15, 0.2) is 6.29 Å². The van der Waals surface area contributed by atoms with E-state index in [1.165, 1.54) is 19.3 Å². The first-order valence-electron chi connectivity index (χ1n) is 18.6. The summed E-state index contributed by atoms with van der Waals surface area (Å²) in [7, 11) is 0. The summed E-state index contributed by atoms with van der Waals surface area (Å²) >= 11 is 6.11. The van der Waals surface area contributed by atoms with E-state index in [0.717, 1.165) is 72.4 Å². The molecule has 0 radical (unpaired) electrons. The van der Waals surface area contributed by atoms with Crippen LogP contribution in [0.25, 0.3) is 0 Å². The van der Waals surface area contributed by atoms with Crippen molar-refractivity contribution in [2.75, 3.05) is 25.0 Å². The smallest absolute Gasteiger partial charge is 0.319 e. The molecule has 0 aromatic heterocycles. The maximum absolute atomic E-state index is 13.4. The summed E-state index contributed by atoms with van der Waals surface area (Å²) in [4.78, 5) is 15.8. The molecule has 2 heterocycles. The first kappa shape index (κ1) is 34.1. The maximum Gasteiger partial charge on any atom is 0.319 e. The van der Waals surface area contributed by atoms with Crippen molar-refractivity contribution in [2.45, 2.75) is 94.5 Å². The van der Waals surface area contributed by atoms with Crippen LogP contribution in [0.3, 0.4) is 0 Å². The lowest BCUT2D eigenvalue weighted by Gasteiger charge is -2.56. The highest BCUT2D eigenvalue weighted by Gasteiger charge is 2.51. The van der Waals surface area contributed by atoms with Crippen LogP contribution in [0.5, 0.6) is 0 Å². The number of anilines is 1. The average molecular weight is 700 g/mol. The predicted octanol–water partition coefficient (Wildman–Crippen LogP) is 7.70. The first-order chi connectivity index (χ1) is 24.2. The fourth-order valence-corrected chi connectivity index (χ4v) is 10.3. The minimum absolute atomic E-state index is 0.0106. The van der Waals surface area contributed by atoms with E-state index in [-0.39, 0.29) is 36.3 Å². The highest BCUT2D eigenvalue weighted by Crippen LogP contribution is 2.55. The lowest BCUT2D eigenvalue weighted by Crippen LogP contribution is -2.60. The van der Waals surface area contributed by atoms with Crippen molar-refractivity contribution in [1.29, 1.82) is 0 Å². The summed E-state index contributed by atoms with van der Waals surface area (Å²) in [6.07, 6.45) is 7.55. The maximum atomic E-state index is 13.4. The molecule has 2 amide bonds. The van der Waals surface area contributed by atoms with Crippen LogP contribution >= 0.6 is 11.6 Å². The SMILES string of the molecule is CC1C(CN2CCC(O)(c3ccc(Cl)cc3)CC2)OC(c2cccc(NC(=O)NC34CC5CC(CC(C5)C3)C4)c2)OC1c1ccc(CO)cc1. The zero-order chi connectivity index (χ0) is 34.5. The van der Waals surface area contributed by atoms with Crippen molar-refractivity contribution in [3.8, 4) is 0 Å². The Kier molecular flexibility index (Phi) is 9.46. The quantitative estimate of drug-likeness (QED) is 0.192. The van der Waals surface area contributed by atoms with Gasteiger partial charge in [-0.3, -0.25) is 0 Å². The third-order valence-corrected chi connectivity index (χ3v) is 12.7. The molecule has 50 heavy (non-hydrogen) atoms. The normalized spacial score (nSPS) is 33.2. The van der Waals surface area contributed by atoms with E-state index in [4.69, 9.17) is 21.1 Å². The lowest BCUT2D eigenvalue weighted by molar-refractivity contribution is -0.277. The Hall–Kier alpha value is -2.98. The number of aliphatic hydroxyl groups is 2. The number of urea groups is 1. The summed E-state index contributed by atoms with van der Waals surface area (Å²) < 4.78 is 13.5. The first-order valence-corrected chi connectivity index (χ1v) is 18.9. The van der Waals surface area contributed by atoms with Crippen molar-refractivity contribution >= 4 is 23.3 Å². The Morgan fingerprint density at radius 1 is 0.900 bits per heavy atom. The topological polar surface area (TPSA) is 103 Å². The van der Waals surface area contributed by atoms with Crippen LogP contribution < -0.4 is 10.6 Å². The van der Waals surface area contributed by atoms with Gasteiger partial charge in [0.25, 0.3) is 0 Å². The molecule has 4 aliphatic carbocycles. The predicted molar refractivity (Wildman–Crippen MR) is 193 cm³/mol. The van der Waals surface area contributed by atoms with E-state index in [0.29, 0.717) is 30.1 Å². The number of amides is 2. The van der Waals surface area contributed by atoms with Gasteiger partial charge in [-0.1, -0.05) is 67.1 Å². The second kappa shape index (κ2) is 13.9. The van der Waals surface area contributed by atoms with Crippen molar-refractivity contribution in [3.63, 3.8) is 0 Å². The molecule has 4 saturated carbocycles. The van der Waals surface area contributed by atoms with Crippen molar-refractivity contribution < 1.29 is 24.5 Å². The lowest BCUT2D eigenvalue weighted by atomic mass is 9.53. The number of likely N-dealkylation sites (tertiary alicyclic amines) is 1. The monoisotopic (exact) mass is 699 g/mol. The van der Waals surface area contributed by atoms with Crippen LogP contribution in [0, 0.1) is 23.7 Å². The Morgan fingerprint density at radius 2 is 1.56 bits per heavy atom. The van der Waals surface area contributed by atoms with Gasteiger partial charge >= 0.3 is 6.03 Å². The zero-order valence-electron chi connectivity index (χ0n) is 28.9. The molecule has 4 bridgehead atoms. The van der Waals surface area contributed by atoms with Crippen molar-refractivity contribution in [1.82, 2.24) is 10.2 Å². The molecule has 4 atom stereocenters. The third kappa shape index (κ3) is 7.08. The Balaban J connectivity index is 0.972. The fourth-order valence-electron chi connectivity index (χ4n) is 10.2. The number of hydrogen-bond acceptors (Lipinski definition) is 6. The van der Waals surface area contributed by atoms with Gasteiger partial charge in [-0.15, -0.1) is 0 Å². The van der Waals surface area contributed by atoms with E-state index < -0.39 is 11.9 Å². The summed E-state index contributed by atoms with van der Waals surface area (Å²) in [5.41, 5.74) is 3.42. The van der Waals surface area contributed by atoms with Gasteiger partial charge in [0.2, 0.25) is 0 Å². The molecule has 9 heteroatoms. The fraction of sp³-hybridized carbons (Fsp3) is 0.537. The summed E-state index contributed by atoms with van der Waals surface area (Å²) in [6, 6.07) is 23.2. The molecule has 2 aliphatic heterocycles. The molecule has 2 saturated heterocycles. The molecule has 3 aromatic rings. The van der Waals surface area contributed by atoms with Crippen LogP contribution in [0.2, 0.25) is 5.02 Å². The molecule has 8 nitrogen and oxygen atoms in total. The number of hydrogen-bond donors (Lipinski definition) is 4. The molecule has 6 fully saturated rings. The Labute approximate surface area is 300 Å². The number of ether oxygens (including phenoxy) is 2. The Morgan fingerprint density at radius 3 is 2.20 bits per heavy atom. The van der Waals surface area contributed by atoms with Crippen LogP contribution in [-0.4, -0.2) is 52.4 Å². The van der Waals surface area contributed by atoms with E-state index in [9.17, 15) is 15.0 Å². The van der Waals surface area contributed by atoms with E-state index in [2.05, 4.69) is 22.5 Å². The van der Waals surface area contributed by atoms with Gasteiger partial charge in [-0.25, -0.2) is 4.79 Å². The molecular formula is C41H50ClN3O5. The minimum Gasteiger partial charge on any atom is -0.392 e. The number of carbonyl (C=O) groups excluding carboxylic acids is 1. The van der Waals surface area contributed by atoms with E-state index in [1.54, 1.807) is 0 Å². The van der Waals surface area contributed by atoms with Crippen LogP contribution in [0.1, 0.15) is 92.9 Å². The van der Waals surface area contributed by atoms with Crippen LogP contribution in [0.15, 0.2) is 72.8 Å². The van der Waals surface area contributed by atoms with Crippen molar-refractivity contribution in [2.24, 2.45) is 23.7 Å². The second-order valence-corrected chi connectivity index (χ2v) is 16.5. The number of rotatable bonds is 8. The molecule has 0 spiro atoms. The number of nitrogens with one attached hydrogen (secondary N) is 2. The van der Waals surface area contributed by atoms with Gasteiger partial charge in [0, 0.05) is 47.4 Å². The number of halogens is 1. The number of piperidine rings is 1. The standard InChI is InChI=1S/C41H50ClN3O5/c1-26-36(24-45-15-13-41(48,14-16-45)33-9-11-34(42)12-10-33)49-38(50-37(26)31-7-5-27(25-46)6-8-31)32-3-2-4-35(20-32)43-39(47)44-40-21-28-17-29(22-40)19-30(18-28)23-40/h2-12,20,26,28-30,36-38,46,48H,13-19,21-25H2,1H3,(H2,43,44,47). The van der Waals surface area contributed by atoms with Crippen LogP contribution in [0.4, 0.5) is 10.5 Å². The van der Waals surface area contributed by atoms with Crippen molar-refractivity contribution in [3.05, 3.63) is 100 Å². The van der Waals surface area contributed by atoms with E-state index >= 15 is 0 Å². The highest BCUT2D eigenvalue weighted by molar-refractivity contribution is 6.30. The van der Waals surface area contributed by atoms with Gasteiger partial charge in [0.05, 0.1) is 24.4 Å². The van der Waals surface area contributed by atoms with E-state index in [1.807, 2.05) is 72.8 Å². The average Bonchev–Trinajstić information content (AvgIpc) is 3.10. The molecule has 266 valence electrons. The second-order valence-electron chi connectivity index (χ2n) is 16.1. The summed E-state index contributed by atoms with van der Waals surface area (Å²) in [5.74, 6) is 2.31. The van der Waals surface area contributed by atoms with Gasteiger partial charge in [0.1, 0.15) is 0 Å². The van der Waals surface area contributed by atoms with Crippen LogP contribution in [-0.2, 0) is 21.7 Å². The molecule has 3 aromatic carbocycles. The number of benzene rings is 3. The number of carbonyl (C=O) groups is 1. The van der Waals surface area contributed by atoms with Gasteiger partial charge in [-0.05, 0) is 110 Å². The summed E-state index contributed by atoms with van der Waals surface area (Å²) in [5, 5.41) is 28.4. The molecule has 4 N–H and O–H groups in total. The highest BCUT2D eigenvalue weighted by atomic mass is 35.5.